The number of rotatable bonds is 4. The van der Waals surface area contributed by atoms with E-state index >= 15 is 0 Å². The third kappa shape index (κ3) is 5.47. The molecule has 0 bridgehead atoms. The summed E-state index contributed by atoms with van der Waals surface area (Å²) in [7, 11) is 3.17. The number of hydrogen-bond donors (Lipinski definition) is 2. The minimum Gasteiger partial charge on any atom is -0.465 e. The van der Waals surface area contributed by atoms with Crippen LogP contribution in [-0.2, 0) is 11.3 Å². The molecule has 22 heavy (non-hydrogen) atoms. The molecule has 2 rings (SSSR count). The highest BCUT2D eigenvalue weighted by Gasteiger charge is 2.15. The number of methoxy groups -OCH3 is 1. The van der Waals surface area contributed by atoms with Gasteiger partial charge in [0.2, 0.25) is 0 Å². The number of ether oxygens (including phenoxy) is 1. The van der Waals surface area contributed by atoms with Crippen LogP contribution in [-0.4, -0.2) is 32.1 Å². The second-order valence-electron chi connectivity index (χ2n) is 5.24. The van der Waals surface area contributed by atoms with Crippen molar-refractivity contribution in [3.05, 3.63) is 35.4 Å². The first-order valence-corrected chi connectivity index (χ1v) is 7.37. The van der Waals surface area contributed by atoms with Crippen LogP contribution < -0.4 is 10.6 Å². The molecule has 1 aliphatic carbocycles. The zero-order valence-electron chi connectivity index (χ0n) is 13.1. The Hall–Kier alpha value is -1.31. The highest BCUT2D eigenvalue weighted by Crippen LogP contribution is 2.17. The molecule has 0 amide bonds. The van der Waals surface area contributed by atoms with Crippen molar-refractivity contribution in [2.45, 2.75) is 38.3 Å². The molecule has 1 aliphatic rings. The fraction of sp³-hybridized carbons (Fsp3) is 0.500. The van der Waals surface area contributed by atoms with Crippen molar-refractivity contribution in [3.63, 3.8) is 0 Å². The van der Waals surface area contributed by atoms with E-state index in [-0.39, 0.29) is 29.9 Å². The fourth-order valence-electron chi connectivity index (χ4n) is 2.52. The number of hydrogen-bond acceptors (Lipinski definition) is 3. The predicted molar refractivity (Wildman–Crippen MR) is 98.8 cm³/mol. The maximum atomic E-state index is 11.4. The van der Waals surface area contributed by atoms with Crippen LogP contribution in [0, 0.1) is 0 Å². The van der Waals surface area contributed by atoms with Gasteiger partial charge in [-0.3, -0.25) is 4.99 Å². The molecular weight excluding hydrogens is 393 g/mol. The van der Waals surface area contributed by atoms with E-state index < -0.39 is 0 Å². The van der Waals surface area contributed by atoms with Gasteiger partial charge in [0.15, 0.2) is 5.96 Å². The molecule has 0 spiro atoms. The van der Waals surface area contributed by atoms with Gasteiger partial charge >= 0.3 is 5.97 Å². The smallest absolute Gasteiger partial charge is 0.337 e. The lowest BCUT2D eigenvalue weighted by Crippen LogP contribution is -2.41. The molecule has 0 unspecified atom stereocenters. The minimum absolute atomic E-state index is 0. The van der Waals surface area contributed by atoms with Crippen molar-refractivity contribution >= 4 is 35.9 Å². The largest absolute Gasteiger partial charge is 0.465 e. The lowest BCUT2D eigenvalue weighted by atomic mass is 10.1. The van der Waals surface area contributed by atoms with Gasteiger partial charge in [-0.1, -0.05) is 25.0 Å². The molecule has 0 atom stereocenters. The van der Waals surface area contributed by atoms with Crippen molar-refractivity contribution in [1.82, 2.24) is 10.6 Å². The monoisotopic (exact) mass is 417 g/mol. The first kappa shape index (κ1) is 18.7. The minimum atomic E-state index is -0.312. The normalized spacial score (nSPS) is 15.1. The highest BCUT2D eigenvalue weighted by molar-refractivity contribution is 14.0. The summed E-state index contributed by atoms with van der Waals surface area (Å²) in [6.45, 7) is 0.674. The number of nitrogens with one attached hydrogen (secondary N) is 2. The van der Waals surface area contributed by atoms with Gasteiger partial charge in [-0.2, -0.15) is 0 Å². The van der Waals surface area contributed by atoms with Crippen molar-refractivity contribution in [1.29, 1.82) is 0 Å². The summed E-state index contributed by atoms with van der Waals surface area (Å²) in [4.78, 5) is 15.6. The number of carbonyl (C=O) groups excluding carboxylic acids is 1. The van der Waals surface area contributed by atoms with E-state index in [1.54, 1.807) is 19.2 Å². The lowest BCUT2D eigenvalue weighted by molar-refractivity contribution is 0.0600. The molecule has 1 aromatic rings. The Bertz CT molecular complexity index is 497. The third-order valence-electron chi connectivity index (χ3n) is 3.75. The van der Waals surface area contributed by atoms with Gasteiger partial charge in [0.05, 0.1) is 12.7 Å². The summed E-state index contributed by atoms with van der Waals surface area (Å²) in [5.41, 5.74) is 1.66. The van der Waals surface area contributed by atoms with Crippen molar-refractivity contribution < 1.29 is 9.53 Å². The van der Waals surface area contributed by atoms with Gasteiger partial charge in [0, 0.05) is 19.6 Å². The lowest BCUT2D eigenvalue weighted by Gasteiger charge is -2.16. The summed E-state index contributed by atoms with van der Waals surface area (Å²) in [5, 5.41) is 6.74. The average molecular weight is 417 g/mol. The second kappa shape index (κ2) is 9.66. The Labute approximate surface area is 148 Å². The van der Waals surface area contributed by atoms with Gasteiger partial charge in [-0.25, -0.2) is 4.79 Å². The van der Waals surface area contributed by atoms with Crippen LogP contribution in [0.5, 0.6) is 0 Å². The third-order valence-corrected chi connectivity index (χ3v) is 3.75. The number of halogens is 1. The van der Waals surface area contributed by atoms with Crippen molar-refractivity contribution in [2.75, 3.05) is 14.2 Å². The fourth-order valence-corrected chi connectivity index (χ4v) is 2.52. The van der Waals surface area contributed by atoms with E-state index in [2.05, 4.69) is 20.4 Å². The summed E-state index contributed by atoms with van der Waals surface area (Å²) in [6.07, 6.45) is 5.02. The highest BCUT2D eigenvalue weighted by atomic mass is 127. The summed E-state index contributed by atoms with van der Waals surface area (Å²) < 4.78 is 4.68. The predicted octanol–water partition coefficient (Wildman–Crippen LogP) is 2.70. The van der Waals surface area contributed by atoms with Gasteiger partial charge in [-0.15, -0.1) is 24.0 Å². The molecule has 6 heteroatoms. The Morgan fingerprint density at radius 3 is 2.45 bits per heavy atom. The van der Waals surface area contributed by atoms with E-state index in [1.807, 2.05) is 12.1 Å². The van der Waals surface area contributed by atoms with E-state index in [0.29, 0.717) is 18.2 Å². The molecule has 2 N–H and O–H groups in total. The standard InChI is InChI=1S/C16H23N3O2.HI/c1-17-16(19-14-5-3-4-6-14)18-11-12-7-9-13(10-8-12)15(20)21-2;/h7-10,14H,3-6,11H2,1-2H3,(H2,17,18,19);1H. The molecule has 1 fully saturated rings. The number of esters is 1. The Kier molecular flexibility index (Phi) is 8.22. The summed E-state index contributed by atoms with van der Waals surface area (Å²) in [5.74, 6) is 0.521. The van der Waals surface area contributed by atoms with Crippen LogP contribution in [0.15, 0.2) is 29.3 Å². The summed E-state index contributed by atoms with van der Waals surface area (Å²) in [6, 6.07) is 7.92. The molecular formula is C16H24IN3O2. The zero-order chi connectivity index (χ0) is 15.1. The molecule has 1 aromatic carbocycles. The van der Waals surface area contributed by atoms with E-state index in [0.717, 1.165) is 11.5 Å². The van der Waals surface area contributed by atoms with Gasteiger partial charge in [0.1, 0.15) is 0 Å². The maximum absolute atomic E-state index is 11.4. The van der Waals surface area contributed by atoms with E-state index in [9.17, 15) is 4.79 Å². The van der Waals surface area contributed by atoms with Crippen molar-refractivity contribution in [3.8, 4) is 0 Å². The van der Waals surface area contributed by atoms with Crippen LogP contribution in [0.3, 0.4) is 0 Å². The number of guanidine groups is 1. The van der Waals surface area contributed by atoms with Crippen LogP contribution in [0.25, 0.3) is 0 Å². The Balaban J connectivity index is 0.00000242. The molecule has 122 valence electrons. The molecule has 0 radical (unpaired) electrons. The first-order valence-electron chi connectivity index (χ1n) is 7.37. The van der Waals surface area contributed by atoms with Gasteiger partial charge in [0.25, 0.3) is 0 Å². The first-order chi connectivity index (χ1) is 10.2. The molecule has 0 heterocycles. The van der Waals surface area contributed by atoms with Gasteiger partial charge < -0.3 is 15.4 Å². The van der Waals surface area contributed by atoms with E-state index in [1.165, 1.54) is 32.8 Å². The summed E-state index contributed by atoms with van der Waals surface area (Å²) >= 11 is 0. The number of benzene rings is 1. The van der Waals surface area contributed by atoms with Crippen LogP contribution in [0.4, 0.5) is 0 Å². The number of nitrogens with zero attached hydrogens (tertiary/aromatic N) is 1. The number of aliphatic imine (C=N–C) groups is 1. The van der Waals surface area contributed by atoms with Crippen molar-refractivity contribution in [2.24, 2.45) is 4.99 Å². The van der Waals surface area contributed by atoms with Gasteiger partial charge in [-0.05, 0) is 30.5 Å². The quantitative estimate of drug-likeness (QED) is 0.342. The SMILES string of the molecule is CN=C(NCc1ccc(C(=O)OC)cc1)NC1CCCC1.I. The zero-order valence-corrected chi connectivity index (χ0v) is 15.4. The Morgan fingerprint density at radius 1 is 1.27 bits per heavy atom. The maximum Gasteiger partial charge on any atom is 0.337 e. The van der Waals surface area contributed by atoms with Crippen LogP contribution in [0.1, 0.15) is 41.6 Å². The Morgan fingerprint density at radius 2 is 1.91 bits per heavy atom. The average Bonchev–Trinajstić information content (AvgIpc) is 3.04. The molecule has 5 nitrogen and oxygen atoms in total. The topological polar surface area (TPSA) is 62.7 Å². The number of carbonyl (C=O) groups is 1. The molecule has 0 aromatic heterocycles. The van der Waals surface area contributed by atoms with Crippen LogP contribution >= 0.6 is 24.0 Å². The molecule has 0 aliphatic heterocycles. The van der Waals surface area contributed by atoms with E-state index in [4.69, 9.17) is 0 Å². The second-order valence-corrected chi connectivity index (χ2v) is 5.24. The molecule has 1 saturated carbocycles. The van der Waals surface area contributed by atoms with Crippen LogP contribution in [0.2, 0.25) is 0 Å². The molecule has 0 saturated heterocycles.